The molecule has 1 atom stereocenters. The summed E-state index contributed by atoms with van der Waals surface area (Å²) >= 11 is 5.91. The predicted octanol–water partition coefficient (Wildman–Crippen LogP) is 3.13. The van der Waals surface area contributed by atoms with E-state index >= 15 is 0 Å². The molecule has 1 aromatic rings. The number of hydrogen-bond donors (Lipinski definition) is 1. The van der Waals surface area contributed by atoms with Crippen molar-refractivity contribution in [3.05, 3.63) is 34.9 Å². The number of halogens is 1. The summed E-state index contributed by atoms with van der Waals surface area (Å²) in [6, 6.07) is 8.12. The van der Waals surface area contributed by atoms with Crippen LogP contribution in [-0.2, 0) is 6.42 Å². The highest BCUT2D eigenvalue weighted by Crippen LogP contribution is 2.14. The van der Waals surface area contributed by atoms with Crippen LogP contribution in [0.4, 0.5) is 0 Å². The van der Waals surface area contributed by atoms with Gasteiger partial charge in [0.05, 0.1) is 0 Å². The molecule has 0 amide bonds. The monoisotopic (exact) mass is 211 g/mol. The summed E-state index contributed by atoms with van der Waals surface area (Å²) in [4.78, 5) is 0. The lowest BCUT2D eigenvalue weighted by atomic mass is 10.0. The molecule has 0 bridgehead atoms. The molecule has 0 saturated heterocycles. The minimum Gasteiger partial charge on any atom is -0.319 e. The van der Waals surface area contributed by atoms with Crippen LogP contribution in [0.15, 0.2) is 24.3 Å². The van der Waals surface area contributed by atoms with E-state index in [4.69, 9.17) is 11.6 Å². The van der Waals surface area contributed by atoms with E-state index in [9.17, 15) is 0 Å². The second-order valence-electron chi connectivity index (χ2n) is 3.83. The molecule has 2 heteroatoms. The Morgan fingerprint density at radius 2 is 2.21 bits per heavy atom. The van der Waals surface area contributed by atoms with Crippen molar-refractivity contribution in [2.24, 2.45) is 5.92 Å². The van der Waals surface area contributed by atoms with Crippen LogP contribution in [0.3, 0.4) is 0 Å². The van der Waals surface area contributed by atoms with Crippen molar-refractivity contribution < 1.29 is 0 Å². The number of rotatable bonds is 5. The van der Waals surface area contributed by atoms with Crippen LogP contribution in [0.5, 0.6) is 0 Å². The van der Waals surface area contributed by atoms with Gasteiger partial charge in [0.15, 0.2) is 0 Å². The van der Waals surface area contributed by atoms with Crippen molar-refractivity contribution in [2.75, 3.05) is 13.6 Å². The van der Waals surface area contributed by atoms with Crippen LogP contribution >= 0.6 is 11.6 Å². The Balaban J connectivity index is 2.37. The zero-order valence-corrected chi connectivity index (χ0v) is 9.64. The number of benzene rings is 1. The topological polar surface area (TPSA) is 12.0 Å². The van der Waals surface area contributed by atoms with Gasteiger partial charge in [0.2, 0.25) is 0 Å². The molecule has 1 aromatic carbocycles. The van der Waals surface area contributed by atoms with E-state index in [-0.39, 0.29) is 0 Å². The summed E-state index contributed by atoms with van der Waals surface area (Å²) in [5.41, 5.74) is 1.33. The lowest BCUT2D eigenvalue weighted by molar-refractivity contribution is 0.505. The molecule has 78 valence electrons. The Morgan fingerprint density at radius 1 is 1.43 bits per heavy atom. The summed E-state index contributed by atoms with van der Waals surface area (Å²) in [5.74, 6) is 0.721. The quantitative estimate of drug-likeness (QED) is 0.789. The van der Waals surface area contributed by atoms with Crippen LogP contribution in [0.1, 0.15) is 18.9 Å². The molecule has 1 unspecified atom stereocenters. The van der Waals surface area contributed by atoms with Crippen LogP contribution in [0.25, 0.3) is 0 Å². The summed E-state index contributed by atoms with van der Waals surface area (Å²) in [6.07, 6.45) is 2.32. The summed E-state index contributed by atoms with van der Waals surface area (Å²) < 4.78 is 0. The largest absolute Gasteiger partial charge is 0.319 e. The molecule has 0 fully saturated rings. The fraction of sp³-hybridized carbons (Fsp3) is 0.500. The molecular formula is C12H18ClN. The Hall–Kier alpha value is -0.530. The minimum absolute atomic E-state index is 0.721. The van der Waals surface area contributed by atoms with Gasteiger partial charge in [0.25, 0.3) is 0 Å². The van der Waals surface area contributed by atoms with Gasteiger partial charge >= 0.3 is 0 Å². The third-order valence-electron chi connectivity index (χ3n) is 2.37. The number of nitrogens with one attached hydrogen (secondary N) is 1. The first-order valence-corrected chi connectivity index (χ1v) is 5.49. The third kappa shape index (κ3) is 4.12. The predicted molar refractivity (Wildman–Crippen MR) is 62.9 cm³/mol. The minimum atomic E-state index is 0.721. The highest BCUT2D eigenvalue weighted by Gasteiger charge is 2.01. The van der Waals surface area contributed by atoms with Crippen molar-refractivity contribution in [3.63, 3.8) is 0 Å². The first-order valence-electron chi connectivity index (χ1n) is 5.11. The van der Waals surface area contributed by atoms with E-state index in [1.807, 2.05) is 25.2 Å². The van der Waals surface area contributed by atoms with Crippen molar-refractivity contribution in [2.45, 2.75) is 19.8 Å². The smallest absolute Gasteiger partial charge is 0.0408 e. The van der Waals surface area contributed by atoms with Gasteiger partial charge in [0.1, 0.15) is 0 Å². The average molecular weight is 212 g/mol. The van der Waals surface area contributed by atoms with Gasteiger partial charge in [-0.3, -0.25) is 0 Å². The van der Waals surface area contributed by atoms with Crippen molar-refractivity contribution >= 4 is 11.6 Å². The fourth-order valence-corrected chi connectivity index (χ4v) is 1.77. The molecule has 0 spiro atoms. The van der Waals surface area contributed by atoms with Gasteiger partial charge in [-0.05, 0) is 50.0 Å². The normalized spacial score (nSPS) is 12.8. The molecule has 0 aliphatic heterocycles. The number of hydrogen-bond acceptors (Lipinski definition) is 1. The maximum atomic E-state index is 5.91. The van der Waals surface area contributed by atoms with Crippen LogP contribution in [-0.4, -0.2) is 13.6 Å². The van der Waals surface area contributed by atoms with Gasteiger partial charge in [0, 0.05) is 5.02 Å². The molecule has 14 heavy (non-hydrogen) atoms. The molecule has 0 aliphatic carbocycles. The first-order chi connectivity index (χ1) is 6.72. The van der Waals surface area contributed by atoms with E-state index in [1.54, 1.807) is 0 Å². The molecule has 0 heterocycles. The highest BCUT2D eigenvalue weighted by atomic mass is 35.5. The summed E-state index contributed by atoms with van der Waals surface area (Å²) in [6.45, 7) is 3.35. The molecule has 0 aromatic heterocycles. The second-order valence-corrected chi connectivity index (χ2v) is 4.27. The lowest BCUT2D eigenvalue weighted by Gasteiger charge is -2.10. The molecule has 1 nitrogen and oxygen atoms in total. The van der Waals surface area contributed by atoms with Gasteiger partial charge in [-0.15, -0.1) is 0 Å². The molecule has 1 rings (SSSR count). The van der Waals surface area contributed by atoms with Crippen LogP contribution in [0.2, 0.25) is 5.02 Å². The molecule has 0 aliphatic rings. The van der Waals surface area contributed by atoms with E-state index in [0.29, 0.717) is 0 Å². The summed E-state index contributed by atoms with van der Waals surface area (Å²) in [7, 11) is 2.00. The van der Waals surface area contributed by atoms with Gasteiger partial charge in [-0.2, -0.15) is 0 Å². The van der Waals surface area contributed by atoms with Crippen LogP contribution in [0, 0.1) is 5.92 Å². The highest BCUT2D eigenvalue weighted by molar-refractivity contribution is 6.30. The van der Waals surface area contributed by atoms with Crippen molar-refractivity contribution in [1.82, 2.24) is 5.32 Å². The van der Waals surface area contributed by atoms with E-state index < -0.39 is 0 Å². The van der Waals surface area contributed by atoms with Crippen LogP contribution < -0.4 is 5.32 Å². The fourth-order valence-electron chi connectivity index (χ4n) is 1.56. The number of aryl methyl sites for hydroxylation is 1. The second kappa shape index (κ2) is 6.05. The Morgan fingerprint density at radius 3 is 2.86 bits per heavy atom. The Labute approximate surface area is 91.5 Å². The Bertz CT molecular complexity index is 273. The van der Waals surface area contributed by atoms with Gasteiger partial charge in [-0.25, -0.2) is 0 Å². The van der Waals surface area contributed by atoms with Crippen molar-refractivity contribution in [3.8, 4) is 0 Å². The molecule has 0 radical (unpaired) electrons. The molecular weight excluding hydrogens is 194 g/mol. The Kier molecular flexibility index (Phi) is 4.99. The van der Waals surface area contributed by atoms with E-state index in [2.05, 4.69) is 18.3 Å². The average Bonchev–Trinajstić information content (AvgIpc) is 2.15. The molecule has 1 N–H and O–H groups in total. The summed E-state index contributed by atoms with van der Waals surface area (Å²) in [5, 5.41) is 4.03. The standard InChI is InChI=1S/C12H18ClN/c1-10(9-14-2)6-7-11-4-3-5-12(13)8-11/h3-5,8,10,14H,6-7,9H2,1-2H3. The zero-order valence-electron chi connectivity index (χ0n) is 8.89. The SMILES string of the molecule is CNCC(C)CCc1cccc(Cl)c1. The van der Waals surface area contributed by atoms with Gasteiger partial charge in [-0.1, -0.05) is 30.7 Å². The lowest BCUT2D eigenvalue weighted by Crippen LogP contribution is -2.16. The maximum absolute atomic E-state index is 5.91. The van der Waals surface area contributed by atoms with Crippen molar-refractivity contribution in [1.29, 1.82) is 0 Å². The van der Waals surface area contributed by atoms with Gasteiger partial charge < -0.3 is 5.32 Å². The zero-order chi connectivity index (χ0) is 10.4. The third-order valence-corrected chi connectivity index (χ3v) is 2.60. The maximum Gasteiger partial charge on any atom is 0.0408 e. The first kappa shape index (κ1) is 11.5. The van der Waals surface area contributed by atoms with E-state index in [0.717, 1.165) is 23.9 Å². The van der Waals surface area contributed by atoms with E-state index in [1.165, 1.54) is 12.0 Å². The molecule has 0 saturated carbocycles.